The van der Waals surface area contributed by atoms with Crippen LogP contribution < -0.4 is 0 Å². The molecule has 0 atom stereocenters. The van der Waals surface area contributed by atoms with Gasteiger partial charge in [-0.1, -0.05) is 13.8 Å². The van der Waals surface area contributed by atoms with E-state index in [1.807, 2.05) is 44.4 Å². The Morgan fingerprint density at radius 1 is 1.32 bits per heavy atom. The molecular formula is C14H15NO3S. The fourth-order valence-electron chi connectivity index (χ4n) is 1.73. The predicted octanol–water partition coefficient (Wildman–Crippen LogP) is 3.89. The normalized spacial score (nSPS) is 10.9. The molecule has 0 radical (unpaired) electrons. The first-order valence-electron chi connectivity index (χ1n) is 5.91. The highest BCUT2D eigenvalue weighted by molar-refractivity contribution is 7.98. The van der Waals surface area contributed by atoms with Crippen LogP contribution in [0.5, 0.6) is 0 Å². The van der Waals surface area contributed by atoms with Crippen molar-refractivity contribution >= 4 is 17.7 Å². The molecule has 100 valence electrons. The van der Waals surface area contributed by atoms with E-state index in [0.29, 0.717) is 11.6 Å². The fourth-order valence-corrected chi connectivity index (χ4v) is 2.14. The molecule has 0 fully saturated rings. The van der Waals surface area contributed by atoms with Crippen LogP contribution in [0.15, 0.2) is 33.6 Å². The number of hydrogen-bond acceptors (Lipinski definition) is 4. The molecule has 0 amide bonds. The minimum Gasteiger partial charge on any atom is -0.475 e. The largest absolute Gasteiger partial charge is 0.475 e. The first kappa shape index (κ1) is 13.7. The van der Waals surface area contributed by atoms with Crippen LogP contribution in [-0.2, 0) is 0 Å². The van der Waals surface area contributed by atoms with Gasteiger partial charge in [0.05, 0.1) is 5.69 Å². The van der Waals surface area contributed by atoms with Gasteiger partial charge < -0.3 is 9.52 Å². The third-order valence-electron chi connectivity index (χ3n) is 2.73. The second kappa shape index (κ2) is 5.48. The zero-order valence-corrected chi connectivity index (χ0v) is 11.8. The highest BCUT2D eigenvalue weighted by atomic mass is 32.2. The molecule has 0 saturated carbocycles. The van der Waals surface area contributed by atoms with E-state index < -0.39 is 5.97 Å². The van der Waals surface area contributed by atoms with Crippen LogP contribution in [0.3, 0.4) is 0 Å². The maximum absolute atomic E-state index is 11.1. The molecule has 1 aromatic carbocycles. The molecule has 4 nitrogen and oxygen atoms in total. The van der Waals surface area contributed by atoms with Gasteiger partial charge in [0, 0.05) is 10.5 Å². The lowest BCUT2D eigenvalue weighted by Gasteiger charge is -1.98. The molecule has 1 heterocycles. The van der Waals surface area contributed by atoms with Gasteiger partial charge in [-0.05, 0) is 36.4 Å². The summed E-state index contributed by atoms with van der Waals surface area (Å²) in [6.45, 7) is 3.79. The van der Waals surface area contributed by atoms with Crippen molar-refractivity contribution in [3.63, 3.8) is 0 Å². The van der Waals surface area contributed by atoms with Crippen molar-refractivity contribution in [1.82, 2.24) is 4.98 Å². The van der Waals surface area contributed by atoms with E-state index in [4.69, 9.17) is 9.52 Å². The van der Waals surface area contributed by atoms with Crippen LogP contribution in [0.25, 0.3) is 11.5 Å². The van der Waals surface area contributed by atoms with Gasteiger partial charge in [-0.2, -0.15) is 0 Å². The lowest BCUT2D eigenvalue weighted by molar-refractivity contribution is 0.0661. The molecule has 0 aliphatic rings. The van der Waals surface area contributed by atoms with E-state index in [2.05, 4.69) is 4.98 Å². The van der Waals surface area contributed by atoms with E-state index in [-0.39, 0.29) is 11.7 Å². The number of rotatable bonds is 4. The molecule has 0 aliphatic heterocycles. The summed E-state index contributed by atoms with van der Waals surface area (Å²) in [5.41, 5.74) is 1.27. The molecular weight excluding hydrogens is 262 g/mol. The highest BCUT2D eigenvalue weighted by Gasteiger charge is 2.22. The maximum atomic E-state index is 11.1. The first-order chi connectivity index (χ1) is 9.02. The Morgan fingerprint density at radius 2 is 1.95 bits per heavy atom. The van der Waals surface area contributed by atoms with Crippen molar-refractivity contribution < 1.29 is 14.3 Å². The molecule has 2 rings (SSSR count). The van der Waals surface area contributed by atoms with Crippen LogP contribution in [-0.4, -0.2) is 22.3 Å². The topological polar surface area (TPSA) is 63.3 Å². The number of carbonyl (C=O) groups is 1. The zero-order chi connectivity index (χ0) is 14.0. The van der Waals surface area contributed by atoms with Gasteiger partial charge in [-0.3, -0.25) is 0 Å². The molecule has 0 saturated heterocycles. The summed E-state index contributed by atoms with van der Waals surface area (Å²) in [6, 6.07) is 7.68. The van der Waals surface area contributed by atoms with E-state index in [1.54, 1.807) is 11.8 Å². The number of benzene rings is 1. The van der Waals surface area contributed by atoms with E-state index in [9.17, 15) is 4.79 Å². The molecule has 2 aromatic rings. The monoisotopic (exact) mass is 277 g/mol. The van der Waals surface area contributed by atoms with Gasteiger partial charge >= 0.3 is 5.97 Å². The minimum absolute atomic E-state index is 0.00840. The van der Waals surface area contributed by atoms with Gasteiger partial charge in [-0.25, -0.2) is 9.78 Å². The van der Waals surface area contributed by atoms with Crippen LogP contribution in [0, 0.1) is 0 Å². The van der Waals surface area contributed by atoms with Gasteiger partial charge in [-0.15, -0.1) is 11.8 Å². The van der Waals surface area contributed by atoms with Crippen molar-refractivity contribution in [2.45, 2.75) is 24.7 Å². The average molecular weight is 277 g/mol. The smallest absolute Gasteiger partial charge is 0.373 e. The molecule has 19 heavy (non-hydrogen) atoms. The summed E-state index contributed by atoms with van der Waals surface area (Å²) >= 11 is 1.65. The van der Waals surface area contributed by atoms with Crippen molar-refractivity contribution in [2.75, 3.05) is 6.26 Å². The summed E-state index contributed by atoms with van der Waals surface area (Å²) < 4.78 is 5.38. The number of aromatic carboxylic acids is 1. The third-order valence-corrected chi connectivity index (χ3v) is 3.48. The highest BCUT2D eigenvalue weighted by Crippen LogP contribution is 2.27. The van der Waals surface area contributed by atoms with Gasteiger partial charge in [0.25, 0.3) is 0 Å². The van der Waals surface area contributed by atoms with E-state index >= 15 is 0 Å². The van der Waals surface area contributed by atoms with Gasteiger partial charge in [0.1, 0.15) is 0 Å². The number of carboxylic acids is 1. The molecule has 0 unspecified atom stereocenters. The molecule has 0 bridgehead atoms. The Hall–Kier alpha value is -1.75. The van der Waals surface area contributed by atoms with Crippen LogP contribution in [0.4, 0.5) is 0 Å². The fraction of sp³-hybridized carbons (Fsp3) is 0.286. The van der Waals surface area contributed by atoms with Crippen molar-refractivity contribution in [3.05, 3.63) is 35.7 Å². The van der Waals surface area contributed by atoms with Crippen molar-refractivity contribution in [3.8, 4) is 11.5 Å². The number of thioether (sulfide) groups is 1. The van der Waals surface area contributed by atoms with Crippen molar-refractivity contribution in [1.29, 1.82) is 0 Å². The lowest BCUT2D eigenvalue weighted by atomic mass is 10.1. The van der Waals surface area contributed by atoms with Gasteiger partial charge in [0.2, 0.25) is 11.7 Å². The number of carboxylic acid groups (broad SMARTS) is 1. The Labute approximate surface area is 115 Å². The Kier molecular flexibility index (Phi) is 3.95. The van der Waals surface area contributed by atoms with E-state index in [0.717, 1.165) is 10.5 Å². The summed E-state index contributed by atoms with van der Waals surface area (Å²) in [5, 5.41) is 9.12. The predicted molar refractivity (Wildman–Crippen MR) is 74.8 cm³/mol. The van der Waals surface area contributed by atoms with Crippen molar-refractivity contribution in [2.24, 2.45) is 0 Å². The summed E-state index contributed by atoms with van der Waals surface area (Å²) in [7, 11) is 0. The number of aromatic nitrogens is 1. The Bertz CT molecular complexity index is 587. The molecule has 1 aromatic heterocycles. The van der Waals surface area contributed by atoms with E-state index in [1.165, 1.54) is 0 Å². The summed E-state index contributed by atoms with van der Waals surface area (Å²) in [6.07, 6.45) is 2.00. The molecule has 0 aliphatic carbocycles. The third kappa shape index (κ3) is 2.81. The van der Waals surface area contributed by atoms with Crippen LogP contribution in [0.1, 0.15) is 36.0 Å². The maximum Gasteiger partial charge on any atom is 0.373 e. The lowest BCUT2D eigenvalue weighted by Crippen LogP contribution is -2.01. The number of oxazole rings is 1. The van der Waals surface area contributed by atoms with Crippen LogP contribution >= 0.6 is 11.8 Å². The van der Waals surface area contributed by atoms with Gasteiger partial charge in [0.15, 0.2) is 0 Å². The Balaban J connectivity index is 2.44. The second-order valence-electron chi connectivity index (χ2n) is 4.42. The number of hydrogen-bond donors (Lipinski definition) is 1. The SMILES string of the molecule is CSc1ccc(-c2nc(C(C)C)c(C(=O)O)o2)cc1. The summed E-state index contributed by atoms with van der Waals surface area (Å²) in [5.74, 6) is -0.787. The standard InChI is InChI=1S/C14H15NO3S/c1-8(2)11-12(14(16)17)18-13(15-11)9-4-6-10(19-3)7-5-9/h4-8H,1-3H3,(H,16,17). The number of nitrogens with zero attached hydrogens (tertiary/aromatic N) is 1. The molecule has 0 spiro atoms. The minimum atomic E-state index is -1.08. The summed E-state index contributed by atoms with van der Waals surface area (Å²) in [4.78, 5) is 16.6. The Morgan fingerprint density at radius 3 is 2.37 bits per heavy atom. The average Bonchev–Trinajstić information content (AvgIpc) is 2.84. The second-order valence-corrected chi connectivity index (χ2v) is 5.30. The molecule has 1 N–H and O–H groups in total. The molecule has 5 heteroatoms. The first-order valence-corrected chi connectivity index (χ1v) is 7.14. The zero-order valence-electron chi connectivity index (χ0n) is 11.0. The van der Waals surface area contributed by atoms with Crippen LogP contribution in [0.2, 0.25) is 0 Å². The quantitative estimate of drug-likeness (QED) is 0.859.